The van der Waals surface area contributed by atoms with Crippen LogP contribution in [-0.2, 0) is 13.1 Å². The SMILES string of the molecule is COc1ccccc1N1CCN(Cc2nc3cc4ccccc4cc3nc2CN2CCN(c3ccccc3OC)CC2)CC1. The first-order valence-corrected chi connectivity index (χ1v) is 15.6. The molecule has 226 valence electrons. The number of aromatic nitrogens is 2. The second-order valence-electron chi connectivity index (χ2n) is 11.7. The number of ether oxygens (including phenoxy) is 2. The summed E-state index contributed by atoms with van der Waals surface area (Å²) >= 11 is 0. The quantitative estimate of drug-likeness (QED) is 0.222. The molecule has 4 aromatic carbocycles. The van der Waals surface area contributed by atoms with Crippen molar-refractivity contribution in [1.29, 1.82) is 0 Å². The van der Waals surface area contributed by atoms with E-state index in [2.05, 4.69) is 80.3 Å². The van der Waals surface area contributed by atoms with Gasteiger partial charge in [-0.3, -0.25) is 9.80 Å². The Morgan fingerprint density at radius 2 is 0.909 bits per heavy atom. The number of para-hydroxylation sites is 4. The molecule has 0 radical (unpaired) electrons. The second-order valence-corrected chi connectivity index (χ2v) is 11.7. The molecule has 0 aliphatic carbocycles. The zero-order chi connectivity index (χ0) is 29.9. The molecule has 0 bridgehead atoms. The third kappa shape index (κ3) is 5.87. The van der Waals surface area contributed by atoms with Crippen LogP contribution in [0.2, 0.25) is 0 Å². The van der Waals surface area contributed by atoms with Gasteiger partial charge in [-0.1, -0.05) is 48.5 Å². The molecular weight excluding hydrogens is 548 g/mol. The molecule has 2 aliphatic rings. The van der Waals surface area contributed by atoms with Gasteiger partial charge in [0, 0.05) is 65.4 Å². The molecule has 5 aromatic rings. The van der Waals surface area contributed by atoms with Gasteiger partial charge in [0.05, 0.1) is 48.0 Å². The third-order valence-electron chi connectivity index (χ3n) is 9.03. The van der Waals surface area contributed by atoms with Gasteiger partial charge in [0.2, 0.25) is 0 Å². The van der Waals surface area contributed by atoms with Crippen molar-refractivity contribution in [3.63, 3.8) is 0 Å². The number of nitrogens with zero attached hydrogens (tertiary/aromatic N) is 6. The lowest BCUT2D eigenvalue weighted by molar-refractivity contribution is 0.232. The van der Waals surface area contributed by atoms with E-state index >= 15 is 0 Å². The van der Waals surface area contributed by atoms with Gasteiger partial charge >= 0.3 is 0 Å². The van der Waals surface area contributed by atoms with Crippen molar-refractivity contribution in [1.82, 2.24) is 19.8 Å². The van der Waals surface area contributed by atoms with Crippen molar-refractivity contribution in [2.75, 3.05) is 76.4 Å². The van der Waals surface area contributed by atoms with Crippen LogP contribution in [0.25, 0.3) is 21.8 Å². The first kappa shape index (κ1) is 28.4. The van der Waals surface area contributed by atoms with Crippen molar-refractivity contribution in [2.24, 2.45) is 0 Å². The van der Waals surface area contributed by atoms with Crippen LogP contribution in [0.15, 0.2) is 84.9 Å². The van der Waals surface area contributed by atoms with Crippen LogP contribution in [0.5, 0.6) is 11.5 Å². The molecule has 8 heteroatoms. The van der Waals surface area contributed by atoms with Crippen LogP contribution >= 0.6 is 0 Å². The van der Waals surface area contributed by atoms with Gasteiger partial charge in [0.1, 0.15) is 11.5 Å². The van der Waals surface area contributed by atoms with Gasteiger partial charge in [-0.15, -0.1) is 0 Å². The minimum atomic E-state index is 0.798. The molecule has 0 N–H and O–H groups in total. The Bertz CT molecular complexity index is 1620. The summed E-state index contributed by atoms with van der Waals surface area (Å²) < 4.78 is 11.3. The number of anilines is 2. The Balaban J connectivity index is 1.11. The normalized spacial score (nSPS) is 16.5. The summed E-state index contributed by atoms with van der Waals surface area (Å²) in [6, 6.07) is 29.5. The summed E-state index contributed by atoms with van der Waals surface area (Å²) in [5.74, 6) is 1.86. The zero-order valence-electron chi connectivity index (χ0n) is 25.7. The number of fused-ring (bicyclic) bond motifs is 2. The van der Waals surface area contributed by atoms with Gasteiger partial charge in [-0.25, -0.2) is 9.97 Å². The molecule has 2 fully saturated rings. The molecule has 0 unspecified atom stereocenters. The number of hydrogen-bond donors (Lipinski definition) is 0. The maximum Gasteiger partial charge on any atom is 0.142 e. The maximum atomic E-state index is 5.64. The fourth-order valence-electron chi connectivity index (χ4n) is 6.57. The van der Waals surface area contributed by atoms with E-state index in [1.807, 2.05) is 24.3 Å². The van der Waals surface area contributed by atoms with E-state index in [-0.39, 0.29) is 0 Å². The lowest BCUT2D eigenvalue weighted by Gasteiger charge is -2.37. The fourth-order valence-corrected chi connectivity index (χ4v) is 6.57. The Morgan fingerprint density at radius 1 is 0.523 bits per heavy atom. The topological polar surface area (TPSA) is 57.2 Å². The molecule has 8 nitrogen and oxygen atoms in total. The summed E-state index contributed by atoms with van der Waals surface area (Å²) in [7, 11) is 3.49. The maximum absolute atomic E-state index is 5.64. The average molecular weight is 589 g/mol. The van der Waals surface area contributed by atoms with E-state index in [1.54, 1.807) is 14.2 Å². The molecule has 0 atom stereocenters. The van der Waals surface area contributed by atoms with Gasteiger partial charge in [0.25, 0.3) is 0 Å². The largest absolute Gasteiger partial charge is 0.495 e. The minimum Gasteiger partial charge on any atom is -0.495 e. The lowest BCUT2D eigenvalue weighted by Crippen LogP contribution is -2.47. The smallest absolute Gasteiger partial charge is 0.142 e. The van der Waals surface area contributed by atoms with E-state index < -0.39 is 0 Å². The van der Waals surface area contributed by atoms with Crippen LogP contribution in [0.4, 0.5) is 11.4 Å². The highest BCUT2D eigenvalue weighted by molar-refractivity contribution is 5.94. The van der Waals surface area contributed by atoms with E-state index in [0.29, 0.717) is 0 Å². The van der Waals surface area contributed by atoms with Crippen LogP contribution < -0.4 is 19.3 Å². The van der Waals surface area contributed by atoms with Crippen molar-refractivity contribution < 1.29 is 9.47 Å². The van der Waals surface area contributed by atoms with Crippen LogP contribution in [-0.4, -0.2) is 86.3 Å². The summed E-state index contributed by atoms with van der Waals surface area (Å²) in [4.78, 5) is 20.5. The Kier molecular flexibility index (Phi) is 8.18. The molecule has 2 saturated heterocycles. The van der Waals surface area contributed by atoms with Gasteiger partial charge < -0.3 is 19.3 Å². The van der Waals surface area contributed by atoms with Crippen LogP contribution in [0.3, 0.4) is 0 Å². The predicted molar refractivity (Wildman–Crippen MR) is 178 cm³/mol. The molecule has 1 aromatic heterocycles. The Labute approximate surface area is 259 Å². The molecule has 0 saturated carbocycles. The minimum absolute atomic E-state index is 0.798. The van der Waals surface area contributed by atoms with E-state index in [9.17, 15) is 0 Å². The molecule has 0 amide bonds. The monoisotopic (exact) mass is 588 g/mol. The third-order valence-corrected chi connectivity index (χ3v) is 9.03. The van der Waals surface area contributed by atoms with Gasteiger partial charge in [0.15, 0.2) is 0 Å². The fraction of sp³-hybridized carbons (Fsp3) is 0.333. The highest BCUT2D eigenvalue weighted by Gasteiger charge is 2.24. The number of rotatable bonds is 8. The van der Waals surface area contributed by atoms with Gasteiger partial charge in [-0.2, -0.15) is 0 Å². The molecular formula is C36H40N6O2. The Morgan fingerprint density at radius 3 is 1.32 bits per heavy atom. The van der Waals surface area contributed by atoms with Gasteiger partial charge in [-0.05, 0) is 47.2 Å². The van der Waals surface area contributed by atoms with Crippen molar-refractivity contribution >= 4 is 33.2 Å². The first-order chi connectivity index (χ1) is 21.7. The summed E-state index contributed by atoms with van der Waals surface area (Å²) in [5, 5.41) is 2.40. The molecule has 0 spiro atoms. The zero-order valence-corrected chi connectivity index (χ0v) is 25.7. The predicted octanol–water partition coefficient (Wildman–Crippen LogP) is 5.44. The highest BCUT2D eigenvalue weighted by atomic mass is 16.5. The number of methoxy groups -OCH3 is 2. The number of benzene rings is 4. The second kappa shape index (κ2) is 12.7. The Hall–Kier alpha value is -4.40. The molecule has 7 rings (SSSR count). The summed E-state index contributed by atoms with van der Waals surface area (Å²) in [6.45, 7) is 9.26. The number of hydrogen-bond acceptors (Lipinski definition) is 8. The first-order valence-electron chi connectivity index (χ1n) is 15.6. The van der Waals surface area contributed by atoms with Crippen molar-refractivity contribution in [2.45, 2.75) is 13.1 Å². The van der Waals surface area contributed by atoms with E-state index in [4.69, 9.17) is 19.4 Å². The molecule has 2 aliphatic heterocycles. The molecule has 3 heterocycles. The van der Waals surface area contributed by atoms with E-state index in [1.165, 1.54) is 22.1 Å². The van der Waals surface area contributed by atoms with Crippen molar-refractivity contribution in [3.05, 3.63) is 96.3 Å². The highest BCUT2D eigenvalue weighted by Crippen LogP contribution is 2.30. The molecule has 44 heavy (non-hydrogen) atoms. The standard InChI is InChI=1S/C36H40N6O2/c1-43-35-13-7-5-11-33(35)41-19-15-39(16-20-41)25-31-32(38-30-24-28-10-4-3-9-27(28)23-29(30)37-31)26-40-17-21-42(22-18-40)34-12-6-8-14-36(34)44-2/h3-14,23-24H,15-22,25-26H2,1-2H3. The summed E-state index contributed by atoms with van der Waals surface area (Å²) in [5.41, 5.74) is 6.45. The summed E-state index contributed by atoms with van der Waals surface area (Å²) in [6.07, 6.45) is 0. The van der Waals surface area contributed by atoms with Crippen molar-refractivity contribution in [3.8, 4) is 11.5 Å². The van der Waals surface area contributed by atoms with Crippen LogP contribution in [0.1, 0.15) is 11.4 Å². The lowest BCUT2D eigenvalue weighted by atomic mass is 10.1. The van der Waals surface area contributed by atoms with Crippen LogP contribution in [0, 0.1) is 0 Å². The number of piperazine rings is 2. The van der Waals surface area contributed by atoms with E-state index in [0.717, 1.165) is 99.4 Å². The average Bonchev–Trinajstić information content (AvgIpc) is 3.08.